The Balaban J connectivity index is 0.866. The summed E-state index contributed by atoms with van der Waals surface area (Å²) in [6.45, 7) is 0. The topological polar surface area (TPSA) is 49.8 Å². The van der Waals surface area contributed by atoms with Gasteiger partial charge in [-0.25, -0.2) is 0 Å². The van der Waals surface area contributed by atoms with Gasteiger partial charge in [0.1, 0.15) is 11.5 Å². The van der Waals surface area contributed by atoms with E-state index in [1.165, 1.54) is 43.4 Å². The highest BCUT2D eigenvalue weighted by Crippen LogP contribution is 2.62. The Labute approximate surface area is 407 Å². The summed E-state index contributed by atoms with van der Waals surface area (Å²) in [5, 5.41) is 7.32. The van der Waals surface area contributed by atoms with E-state index in [4.69, 9.17) is 14.7 Å². The third-order valence-corrected chi connectivity index (χ3v) is 15.4. The van der Waals surface area contributed by atoms with Gasteiger partial charge in [0.05, 0.1) is 61.8 Å². The number of fused-ring (bicyclic) bond motifs is 18. The molecule has 1 unspecified atom stereocenters. The summed E-state index contributed by atoms with van der Waals surface area (Å²) >= 11 is 0. The lowest BCUT2D eigenvalue weighted by Gasteiger charge is -2.39. The van der Waals surface area contributed by atoms with Gasteiger partial charge in [0, 0.05) is 66.6 Å². The molecule has 14 aromatic rings. The van der Waals surface area contributed by atoms with Crippen LogP contribution >= 0.6 is 0 Å². The molecular weight excluding hydrogens is 867 g/mol. The van der Waals surface area contributed by atoms with Crippen LogP contribution in [-0.2, 0) is 5.41 Å². The van der Waals surface area contributed by atoms with Crippen molar-refractivity contribution in [2.75, 3.05) is 0 Å². The Morgan fingerprint density at radius 3 is 1.42 bits per heavy atom. The highest BCUT2D eigenvalue weighted by molar-refractivity contribution is 6.12. The highest BCUT2D eigenvalue weighted by Gasteiger charge is 2.52. The predicted molar refractivity (Wildman–Crippen MR) is 288 cm³/mol. The summed E-state index contributed by atoms with van der Waals surface area (Å²) < 4.78 is 14.2. The second kappa shape index (κ2) is 14.3. The van der Waals surface area contributed by atoms with Gasteiger partial charge in [0.15, 0.2) is 0 Å². The van der Waals surface area contributed by atoms with Crippen LogP contribution in [0, 0.1) is 0 Å². The fourth-order valence-corrected chi connectivity index (χ4v) is 12.5. The lowest BCUT2D eigenvalue weighted by molar-refractivity contribution is 0.436. The molecule has 0 saturated heterocycles. The predicted octanol–water partition coefficient (Wildman–Crippen LogP) is 15.9. The van der Waals surface area contributed by atoms with Gasteiger partial charge in [0.2, 0.25) is 0 Å². The lowest BCUT2D eigenvalue weighted by atomic mass is 9.66. The first-order valence-electron chi connectivity index (χ1n) is 24.2. The van der Waals surface area contributed by atoms with E-state index in [9.17, 15) is 0 Å². The quantitative estimate of drug-likeness (QED) is 0.177. The van der Waals surface area contributed by atoms with Crippen LogP contribution in [-0.4, -0.2) is 23.7 Å². The number of para-hydroxylation sites is 6. The molecule has 1 spiro atoms. The van der Waals surface area contributed by atoms with Crippen molar-refractivity contribution in [3.8, 4) is 51.1 Å². The first-order valence-corrected chi connectivity index (χ1v) is 24.2. The van der Waals surface area contributed by atoms with Crippen LogP contribution in [0.2, 0.25) is 0 Å². The molecule has 0 N–H and O–H groups in total. The number of hydrogen-bond donors (Lipinski definition) is 0. The van der Waals surface area contributed by atoms with Crippen molar-refractivity contribution >= 4 is 65.4 Å². The monoisotopic (exact) mass is 905 g/mol. The number of hydrogen-bond acceptors (Lipinski definition) is 3. The Bertz CT molecular complexity index is 4480. The normalized spacial score (nSPS) is 14.6. The molecular formula is C65H39N5O. The molecule has 2 aliphatic rings. The van der Waals surface area contributed by atoms with Gasteiger partial charge < -0.3 is 18.4 Å². The zero-order valence-electron chi connectivity index (χ0n) is 38.2. The van der Waals surface area contributed by atoms with Crippen LogP contribution in [0.5, 0.6) is 11.5 Å². The number of nitrogens with zero attached hydrogens (tertiary/aromatic N) is 5. The van der Waals surface area contributed by atoms with Gasteiger partial charge in [0.25, 0.3) is 0 Å². The van der Waals surface area contributed by atoms with Gasteiger partial charge in [-0.2, -0.15) is 0 Å². The van der Waals surface area contributed by atoms with Gasteiger partial charge in [-0.05, 0) is 102 Å². The van der Waals surface area contributed by atoms with Crippen molar-refractivity contribution in [2.24, 2.45) is 0 Å². The summed E-state index contributed by atoms with van der Waals surface area (Å²) in [6.07, 6.45) is 3.90. The minimum atomic E-state index is -0.742. The molecule has 9 aromatic carbocycles. The molecule has 16 rings (SSSR count). The van der Waals surface area contributed by atoms with Crippen LogP contribution in [0.1, 0.15) is 22.3 Å². The van der Waals surface area contributed by atoms with Crippen LogP contribution in [0.4, 0.5) is 0 Å². The summed E-state index contributed by atoms with van der Waals surface area (Å²) in [6, 6.07) is 81.2. The maximum Gasteiger partial charge on any atom is 0.132 e. The van der Waals surface area contributed by atoms with E-state index in [0.29, 0.717) is 0 Å². The number of rotatable bonds is 4. The zero-order valence-corrected chi connectivity index (χ0v) is 38.2. The van der Waals surface area contributed by atoms with Crippen LogP contribution < -0.4 is 4.74 Å². The minimum absolute atomic E-state index is 0.742. The van der Waals surface area contributed by atoms with E-state index in [1.807, 2.05) is 12.4 Å². The first kappa shape index (κ1) is 38.4. The number of ether oxygens (including phenoxy) is 1. The Morgan fingerprint density at radius 1 is 0.310 bits per heavy atom. The average molecular weight is 906 g/mol. The molecule has 0 amide bonds. The molecule has 1 atom stereocenters. The highest BCUT2D eigenvalue weighted by atomic mass is 16.5. The second-order valence-electron chi connectivity index (χ2n) is 18.9. The maximum atomic E-state index is 7.04. The van der Waals surface area contributed by atoms with E-state index in [2.05, 4.69) is 238 Å². The Morgan fingerprint density at radius 2 is 0.789 bits per heavy atom. The molecule has 6 heterocycles. The van der Waals surface area contributed by atoms with Crippen LogP contribution in [0.25, 0.3) is 105 Å². The lowest BCUT2D eigenvalue weighted by Crippen LogP contribution is -2.32. The third kappa shape index (κ3) is 5.15. The molecule has 0 fully saturated rings. The van der Waals surface area contributed by atoms with Crippen LogP contribution in [0.3, 0.4) is 0 Å². The molecule has 330 valence electrons. The van der Waals surface area contributed by atoms with E-state index in [0.717, 1.165) is 95.4 Å². The van der Waals surface area contributed by atoms with Crippen molar-refractivity contribution < 1.29 is 4.74 Å². The van der Waals surface area contributed by atoms with E-state index >= 15 is 0 Å². The summed E-state index contributed by atoms with van der Waals surface area (Å²) in [4.78, 5) is 10.4. The Hall–Kier alpha value is -9.52. The summed E-state index contributed by atoms with van der Waals surface area (Å²) in [5.41, 5.74) is 17.8. The van der Waals surface area contributed by atoms with Gasteiger partial charge in [-0.3, -0.25) is 9.97 Å². The van der Waals surface area contributed by atoms with E-state index in [-0.39, 0.29) is 0 Å². The summed E-state index contributed by atoms with van der Waals surface area (Å²) in [7, 11) is 0. The molecule has 6 heteroatoms. The Kier molecular flexibility index (Phi) is 7.72. The first-order chi connectivity index (χ1) is 35.2. The number of pyridine rings is 2. The SMILES string of the molecule is c1cc(-n2c3ccccc3c3ccccc32)cc(-n2c3ccccc3c3cc(-c4ccc5c(c4)Oc4ccccc4C54c5cccnc5-c5ncc(-n6c7ccccc7c7ccccc76)cc54)ccc32)c1. The van der Waals surface area contributed by atoms with E-state index in [1.54, 1.807) is 0 Å². The molecule has 5 aromatic heterocycles. The third-order valence-electron chi connectivity index (χ3n) is 15.4. The second-order valence-corrected chi connectivity index (χ2v) is 18.9. The van der Waals surface area contributed by atoms with Gasteiger partial charge in [-0.1, -0.05) is 140 Å². The molecule has 0 radical (unpaired) electrons. The molecule has 1 aliphatic heterocycles. The number of benzene rings is 9. The molecule has 0 saturated carbocycles. The molecule has 0 bridgehead atoms. The van der Waals surface area contributed by atoms with Crippen molar-refractivity contribution in [3.63, 3.8) is 0 Å². The fraction of sp³-hybridized carbons (Fsp3) is 0.0154. The van der Waals surface area contributed by atoms with E-state index < -0.39 is 5.41 Å². The molecule has 1 aliphatic carbocycles. The zero-order chi connectivity index (χ0) is 46.4. The standard InChI is InChI=1S/C65H39N5O/c1-7-24-55-45(17-1)46-18-2-8-25-56(46)68(55)42-15-13-16-43(37-42)69-59-28-11-5-21-49(59)50-35-40(31-33-60(50)69)41-30-32-52-62(36-41)71-61-29-12-6-22-51(61)65(52)53-23-14-34-66-63(53)64-54(65)38-44(39-67-64)70-57-26-9-3-19-47(57)48-20-4-10-27-58(48)70/h1-39H. The van der Waals surface area contributed by atoms with Crippen molar-refractivity contribution in [1.29, 1.82) is 0 Å². The summed E-state index contributed by atoms with van der Waals surface area (Å²) in [5.74, 6) is 1.64. The fourth-order valence-electron chi connectivity index (χ4n) is 12.5. The smallest absolute Gasteiger partial charge is 0.132 e. The van der Waals surface area contributed by atoms with Crippen LogP contribution in [0.15, 0.2) is 237 Å². The average Bonchev–Trinajstić information content (AvgIpc) is 4.15. The number of aromatic nitrogens is 5. The van der Waals surface area contributed by atoms with Crippen molar-refractivity contribution in [1.82, 2.24) is 23.7 Å². The maximum absolute atomic E-state index is 7.04. The van der Waals surface area contributed by atoms with Crippen molar-refractivity contribution in [3.05, 3.63) is 259 Å². The largest absolute Gasteiger partial charge is 0.457 e. The van der Waals surface area contributed by atoms with Gasteiger partial charge in [-0.15, -0.1) is 0 Å². The molecule has 6 nitrogen and oxygen atoms in total. The molecule has 71 heavy (non-hydrogen) atoms. The minimum Gasteiger partial charge on any atom is -0.457 e. The van der Waals surface area contributed by atoms with Gasteiger partial charge >= 0.3 is 0 Å². The van der Waals surface area contributed by atoms with Crippen molar-refractivity contribution in [2.45, 2.75) is 5.41 Å².